The molecule has 0 atom stereocenters. The zero-order chi connectivity index (χ0) is 12.3. The van der Waals surface area contributed by atoms with Crippen molar-refractivity contribution < 1.29 is 0 Å². The predicted octanol–water partition coefficient (Wildman–Crippen LogP) is 4.39. The lowest BCUT2D eigenvalue weighted by Gasteiger charge is -2.15. The third-order valence-corrected chi connectivity index (χ3v) is 2.82. The number of aliphatic imine (C=N–C) groups is 1. The van der Waals surface area contributed by atoms with E-state index in [0.717, 1.165) is 35.4 Å². The van der Waals surface area contributed by atoms with E-state index in [0.29, 0.717) is 0 Å². The summed E-state index contributed by atoms with van der Waals surface area (Å²) < 4.78 is 0. The summed E-state index contributed by atoms with van der Waals surface area (Å²) in [6.07, 6.45) is 5.99. The third-order valence-electron chi connectivity index (χ3n) is 2.82. The van der Waals surface area contributed by atoms with Crippen LogP contribution in [0.3, 0.4) is 0 Å². The Morgan fingerprint density at radius 2 is 1.94 bits per heavy atom. The van der Waals surface area contributed by atoms with Gasteiger partial charge in [0, 0.05) is 5.71 Å². The van der Waals surface area contributed by atoms with Crippen LogP contribution in [-0.4, -0.2) is 5.71 Å². The highest BCUT2D eigenvalue weighted by atomic mass is 14.8. The van der Waals surface area contributed by atoms with Gasteiger partial charge in [-0.1, -0.05) is 49.1 Å². The van der Waals surface area contributed by atoms with Crippen molar-refractivity contribution in [2.24, 2.45) is 4.99 Å². The van der Waals surface area contributed by atoms with Gasteiger partial charge in [0.2, 0.25) is 0 Å². The lowest BCUT2D eigenvalue weighted by atomic mass is 9.97. The Hall–Kier alpha value is -1.89. The molecule has 1 aromatic rings. The zero-order valence-electron chi connectivity index (χ0n) is 10.2. The van der Waals surface area contributed by atoms with Gasteiger partial charge in [-0.15, -0.1) is 0 Å². The smallest absolute Gasteiger partial charge is 0.0665 e. The largest absolute Gasteiger partial charge is 0.253 e. The Labute approximate surface area is 103 Å². The number of allylic oxidation sites excluding steroid dienone is 4. The predicted molar refractivity (Wildman–Crippen MR) is 75.0 cm³/mol. The first-order valence-electron chi connectivity index (χ1n) is 5.85. The van der Waals surface area contributed by atoms with E-state index in [-0.39, 0.29) is 0 Å². The average Bonchev–Trinajstić information content (AvgIpc) is 2.35. The quantitative estimate of drug-likeness (QED) is 0.674. The fourth-order valence-corrected chi connectivity index (χ4v) is 1.86. The van der Waals surface area contributed by atoms with Crippen LogP contribution in [0.2, 0.25) is 0 Å². The van der Waals surface area contributed by atoms with Crippen LogP contribution in [0, 0.1) is 0 Å². The summed E-state index contributed by atoms with van der Waals surface area (Å²) in [5, 5.41) is 0. The van der Waals surface area contributed by atoms with Crippen molar-refractivity contribution in [1.29, 1.82) is 0 Å². The minimum absolute atomic E-state index is 0.969. The number of fused-ring (bicyclic) bond motifs is 1. The van der Waals surface area contributed by atoms with Gasteiger partial charge in [-0.2, -0.15) is 0 Å². The number of para-hydroxylation sites is 1. The molecule has 0 unspecified atom stereocenters. The van der Waals surface area contributed by atoms with Gasteiger partial charge in [0.1, 0.15) is 0 Å². The van der Waals surface area contributed by atoms with E-state index < -0.39 is 0 Å². The molecule has 0 spiro atoms. The molecule has 0 fully saturated rings. The second kappa shape index (κ2) is 4.96. The van der Waals surface area contributed by atoms with E-state index in [1.165, 1.54) is 5.56 Å². The summed E-state index contributed by atoms with van der Waals surface area (Å²) in [7, 11) is 0. The summed E-state index contributed by atoms with van der Waals surface area (Å²) in [4.78, 5) is 4.66. The monoisotopic (exact) mass is 223 g/mol. The van der Waals surface area contributed by atoms with Crippen molar-refractivity contribution in [3.8, 4) is 0 Å². The van der Waals surface area contributed by atoms with Gasteiger partial charge in [0.25, 0.3) is 0 Å². The minimum atomic E-state index is 0.969. The highest BCUT2D eigenvalue weighted by Gasteiger charge is 2.11. The molecule has 0 aliphatic carbocycles. The van der Waals surface area contributed by atoms with Gasteiger partial charge >= 0.3 is 0 Å². The van der Waals surface area contributed by atoms with Gasteiger partial charge in [0.05, 0.1) is 5.69 Å². The molecule has 1 heterocycles. The Morgan fingerprint density at radius 1 is 1.18 bits per heavy atom. The standard InChI is InChI=1S/C16H17N/c1-12(2)8-9-13(3)15-11-10-14-6-4-5-7-16(14)17-15/h4-9H,1,3,10-11H2,2H3/b9-8-. The molecule has 0 radical (unpaired) electrons. The van der Waals surface area contributed by atoms with E-state index in [1.54, 1.807) is 0 Å². The first-order chi connectivity index (χ1) is 8.16. The van der Waals surface area contributed by atoms with Gasteiger partial charge in [0.15, 0.2) is 0 Å². The second-order valence-electron chi connectivity index (χ2n) is 4.39. The first kappa shape index (κ1) is 11.6. The maximum atomic E-state index is 4.66. The van der Waals surface area contributed by atoms with Crippen LogP contribution in [0.25, 0.3) is 0 Å². The van der Waals surface area contributed by atoms with Crippen molar-refractivity contribution in [3.05, 3.63) is 66.3 Å². The van der Waals surface area contributed by atoms with E-state index in [4.69, 9.17) is 0 Å². The molecular weight excluding hydrogens is 206 g/mol. The molecule has 0 amide bonds. The summed E-state index contributed by atoms with van der Waals surface area (Å²) >= 11 is 0. The normalized spacial score (nSPS) is 14.3. The topological polar surface area (TPSA) is 12.4 Å². The highest BCUT2D eigenvalue weighted by molar-refractivity contribution is 6.04. The first-order valence-corrected chi connectivity index (χ1v) is 5.85. The maximum Gasteiger partial charge on any atom is 0.0665 e. The lowest BCUT2D eigenvalue weighted by molar-refractivity contribution is 1.01. The molecule has 1 heteroatoms. The van der Waals surface area contributed by atoms with Crippen LogP contribution in [0.15, 0.2) is 65.7 Å². The zero-order valence-corrected chi connectivity index (χ0v) is 10.2. The van der Waals surface area contributed by atoms with Crippen molar-refractivity contribution in [3.63, 3.8) is 0 Å². The molecule has 0 aromatic heterocycles. The molecule has 1 nitrogen and oxygen atoms in total. The fraction of sp³-hybridized carbons (Fsp3) is 0.188. The van der Waals surface area contributed by atoms with E-state index >= 15 is 0 Å². The van der Waals surface area contributed by atoms with Gasteiger partial charge < -0.3 is 0 Å². The van der Waals surface area contributed by atoms with Gasteiger partial charge in [-0.25, -0.2) is 0 Å². The second-order valence-corrected chi connectivity index (χ2v) is 4.39. The molecule has 0 bridgehead atoms. The Balaban J connectivity index is 2.23. The Kier molecular flexibility index (Phi) is 3.38. The summed E-state index contributed by atoms with van der Waals surface area (Å²) in [6.45, 7) is 9.88. The van der Waals surface area contributed by atoms with Crippen LogP contribution in [0.5, 0.6) is 0 Å². The molecule has 0 N–H and O–H groups in total. The highest BCUT2D eigenvalue weighted by Crippen LogP contribution is 2.27. The Bertz CT molecular complexity index is 518. The van der Waals surface area contributed by atoms with Crippen LogP contribution >= 0.6 is 0 Å². The molecule has 17 heavy (non-hydrogen) atoms. The molecule has 1 aliphatic heterocycles. The van der Waals surface area contributed by atoms with E-state index in [9.17, 15) is 0 Å². The summed E-state index contributed by atoms with van der Waals surface area (Å²) in [6, 6.07) is 8.29. The summed E-state index contributed by atoms with van der Waals surface area (Å²) in [5.74, 6) is 0. The number of rotatable bonds is 3. The third kappa shape index (κ3) is 2.82. The molecular formula is C16H17N. The fourth-order valence-electron chi connectivity index (χ4n) is 1.86. The number of benzene rings is 1. The molecule has 0 saturated heterocycles. The molecule has 2 rings (SSSR count). The number of nitrogens with zero attached hydrogens (tertiary/aromatic N) is 1. The number of hydrogen-bond donors (Lipinski definition) is 0. The van der Waals surface area contributed by atoms with Crippen molar-refractivity contribution in [2.45, 2.75) is 19.8 Å². The molecule has 1 aromatic carbocycles. The maximum absolute atomic E-state index is 4.66. The SMILES string of the molecule is C=C(C)/C=C\C(=C)C1=Nc2ccccc2CC1. The number of hydrogen-bond acceptors (Lipinski definition) is 1. The summed E-state index contributed by atoms with van der Waals surface area (Å²) in [5.41, 5.74) is 5.51. The van der Waals surface area contributed by atoms with Gasteiger partial charge in [-0.05, 0) is 37.0 Å². The number of aryl methyl sites for hydroxylation is 1. The minimum Gasteiger partial charge on any atom is -0.253 e. The Morgan fingerprint density at radius 3 is 2.71 bits per heavy atom. The molecule has 86 valence electrons. The van der Waals surface area contributed by atoms with Crippen LogP contribution in [-0.2, 0) is 6.42 Å². The molecule has 1 aliphatic rings. The van der Waals surface area contributed by atoms with Crippen molar-refractivity contribution in [2.75, 3.05) is 0 Å². The van der Waals surface area contributed by atoms with Gasteiger partial charge in [-0.3, -0.25) is 4.99 Å². The van der Waals surface area contributed by atoms with E-state index in [1.807, 2.05) is 25.1 Å². The van der Waals surface area contributed by atoms with E-state index in [2.05, 4.69) is 36.3 Å². The molecule has 0 saturated carbocycles. The van der Waals surface area contributed by atoms with Crippen LogP contribution in [0.4, 0.5) is 5.69 Å². The lowest BCUT2D eigenvalue weighted by Crippen LogP contribution is -2.07. The van der Waals surface area contributed by atoms with Crippen LogP contribution in [0.1, 0.15) is 18.9 Å². The van der Waals surface area contributed by atoms with Crippen molar-refractivity contribution >= 4 is 11.4 Å². The van der Waals surface area contributed by atoms with Crippen LogP contribution < -0.4 is 0 Å². The average molecular weight is 223 g/mol. The van der Waals surface area contributed by atoms with Crippen molar-refractivity contribution in [1.82, 2.24) is 0 Å².